The van der Waals surface area contributed by atoms with Crippen molar-refractivity contribution in [2.75, 3.05) is 5.73 Å². The van der Waals surface area contributed by atoms with E-state index in [1.165, 1.54) is 0 Å². The van der Waals surface area contributed by atoms with Crippen molar-refractivity contribution in [1.29, 1.82) is 0 Å². The molecule has 2 N–H and O–H groups in total. The summed E-state index contributed by atoms with van der Waals surface area (Å²) in [6.07, 6.45) is 5.67. The molecule has 0 spiro atoms. The number of nitrogens with zero attached hydrogens (tertiary/aromatic N) is 1. The summed E-state index contributed by atoms with van der Waals surface area (Å²) in [6.45, 7) is 0. The van der Waals surface area contributed by atoms with Gasteiger partial charge in [0.2, 0.25) is 0 Å². The Hall–Kier alpha value is -2.09. The Balaban J connectivity index is 2.19. The predicted octanol–water partition coefficient (Wildman–Crippen LogP) is 2.83. The molecule has 2 aromatic rings. The second kappa shape index (κ2) is 4.42. The molecule has 2 rings (SSSR count). The molecule has 0 amide bonds. The standard InChI is InChI=1S/C13H12N2/c14-12-8-9-15-13(10-12)7-6-11-4-2-1-3-5-11/h1-10H,(H2,14,15). The van der Waals surface area contributed by atoms with Crippen LogP contribution in [0, 0.1) is 0 Å². The number of hydrogen-bond acceptors (Lipinski definition) is 2. The molecule has 1 aromatic heterocycles. The first-order valence-corrected chi connectivity index (χ1v) is 4.79. The van der Waals surface area contributed by atoms with E-state index in [-0.39, 0.29) is 0 Å². The maximum absolute atomic E-state index is 5.65. The zero-order valence-corrected chi connectivity index (χ0v) is 8.30. The maximum Gasteiger partial charge on any atom is 0.0650 e. The average molecular weight is 196 g/mol. The minimum absolute atomic E-state index is 0.734. The van der Waals surface area contributed by atoms with E-state index in [1.54, 1.807) is 12.3 Å². The molecule has 0 bridgehead atoms. The number of nitrogen functional groups attached to an aromatic ring is 1. The van der Waals surface area contributed by atoms with E-state index in [4.69, 9.17) is 5.73 Å². The van der Waals surface area contributed by atoms with Gasteiger partial charge < -0.3 is 5.73 Å². The summed E-state index contributed by atoms with van der Waals surface area (Å²) in [6, 6.07) is 13.7. The van der Waals surface area contributed by atoms with E-state index in [1.807, 2.05) is 48.6 Å². The molecule has 2 heteroatoms. The highest BCUT2D eigenvalue weighted by Gasteiger charge is 1.89. The van der Waals surface area contributed by atoms with Gasteiger partial charge in [0.15, 0.2) is 0 Å². The number of benzene rings is 1. The summed E-state index contributed by atoms with van der Waals surface area (Å²) in [4.78, 5) is 4.19. The fourth-order valence-electron chi connectivity index (χ4n) is 1.30. The Morgan fingerprint density at radius 1 is 1.00 bits per heavy atom. The summed E-state index contributed by atoms with van der Waals surface area (Å²) in [5, 5.41) is 0. The molecule has 1 heterocycles. The van der Waals surface area contributed by atoms with Crippen molar-refractivity contribution in [1.82, 2.24) is 4.98 Å². The van der Waals surface area contributed by atoms with Gasteiger partial charge in [-0.1, -0.05) is 36.4 Å². The summed E-state index contributed by atoms with van der Waals surface area (Å²) in [5.41, 5.74) is 8.42. The van der Waals surface area contributed by atoms with Crippen LogP contribution in [0.1, 0.15) is 11.3 Å². The van der Waals surface area contributed by atoms with Crippen molar-refractivity contribution < 1.29 is 0 Å². The molecule has 0 aliphatic carbocycles. The van der Waals surface area contributed by atoms with Crippen molar-refractivity contribution >= 4 is 17.8 Å². The van der Waals surface area contributed by atoms with Crippen molar-refractivity contribution in [3.63, 3.8) is 0 Å². The fraction of sp³-hybridized carbons (Fsp3) is 0. The smallest absolute Gasteiger partial charge is 0.0650 e. The molecule has 0 saturated carbocycles. The van der Waals surface area contributed by atoms with E-state index < -0.39 is 0 Å². The monoisotopic (exact) mass is 196 g/mol. The third-order valence-corrected chi connectivity index (χ3v) is 2.05. The molecule has 74 valence electrons. The van der Waals surface area contributed by atoms with Crippen LogP contribution < -0.4 is 5.73 Å². The molecule has 15 heavy (non-hydrogen) atoms. The molecule has 0 radical (unpaired) electrons. The summed E-state index contributed by atoms with van der Waals surface area (Å²) in [7, 11) is 0. The normalized spacial score (nSPS) is 10.7. The fourth-order valence-corrected chi connectivity index (χ4v) is 1.30. The zero-order chi connectivity index (χ0) is 10.5. The number of hydrogen-bond donors (Lipinski definition) is 1. The first-order valence-electron chi connectivity index (χ1n) is 4.79. The third kappa shape index (κ3) is 2.68. The van der Waals surface area contributed by atoms with Gasteiger partial charge in [-0.2, -0.15) is 0 Å². The van der Waals surface area contributed by atoms with Crippen LogP contribution in [0.4, 0.5) is 5.69 Å². The quantitative estimate of drug-likeness (QED) is 0.802. The van der Waals surface area contributed by atoms with E-state index in [0.29, 0.717) is 0 Å². The minimum atomic E-state index is 0.734. The van der Waals surface area contributed by atoms with Crippen LogP contribution in [0.15, 0.2) is 48.7 Å². The van der Waals surface area contributed by atoms with Crippen molar-refractivity contribution in [3.8, 4) is 0 Å². The molecular formula is C13H12N2. The van der Waals surface area contributed by atoms with E-state index >= 15 is 0 Å². The zero-order valence-electron chi connectivity index (χ0n) is 8.30. The van der Waals surface area contributed by atoms with Gasteiger partial charge in [0, 0.05) is 11.9 Å². The first kappa shape index (κ1) is 9.46. The van der Waals surface area contributed by atoms with Crippen molar-refractivity contribution in [2.24, 2.45) is 0 Å². The molecule has 2 nitrogen and oxygen atoms in total. The molecule has 0 atom stereocenters. The minimum Gasteiger partial charge on any atom is -0.399 e. The van der Waals surface area contributed by atoms with Gasteiger partial charge >= 0.3 is 0 Å². The van der Waals surface area contributed by atoms with Gasteiger partial charge in [-0.25, -0.2) is 0 Å². The van der Waals surface area contributed by atoms with Crippen LogP contribution in [0.3, 0.4) is 0 Å². The number of aromatic nitrogens is 1. The lowest BCUT2D eigenvalue weighted by atomic mass is 10.2. The van der Waals surface area contributed by atoms with Gasteiger partial charge in [-0.15, -0.1) is 0 Å². The second-order valence-corrected chi connectivity index (χ2v) is 3.26. The first-order chi connectivity index (χ1) is 7.34. The van der Waals surface area contributed by atoms with Crippen LogP contribution in [0.25, 0.3) is 12.2 Å². The molecule has 0 fully saturated rings. The van der Waals surface area contributed by atoms with Gasteiger partial charge in [0.05, 0.1) is 5.69 Å². The molecule has 0 saturated heterocycles. The summed E-state index contributed by atoms with van der Waals surface area (Å²) in [5.74, 6) is 0. The van der Waals surface area contributed by atoms with Crippen LogP contribution in [0.5, 0.6) is 0 Å². The Morgan fingerprint density at radius 2 is 1.80 bits per heavy atom. The van der Waals surface area contributed by atoms with Gasteiger partial charge in [-0.05, 0) is 23.8 Å². The summed E-state index contributed by atoms with van der Waals surface area (Å²) < 4.78 is 0. The highest BCUT2D eigenvalue weighted by molar-refractivity contribution is 5.68. The Bertz CT molecular complexity index is 461. The van der Waals surface area contributed by atoms with E-state index in [0.717, 1.165) is 16.9 Å². The molecule has 0 aliphatic heterocycles. The van der Waals surface area contributed by atoms with Gasteiger partial charge in [0.1, 0.15) is 0 Å². The molecule has 1 aromatic carbocycles. The average Bonchev–Trinajstić information content (AvgIpc) is 2.28. The van der Waals surface area contributed by atoms with Gasteiger partial charge in [-0.3, -0.25) is 4.98 Å². The number of rotatable bonds is 2. The largest absolute Gasteiger partial charge is 0.399 e. The lowest BCUT2D eigenvalue weighted by molar-refractivity contribution is 1.30. The van der Waals surface area contributed by atoms with Crippen LogP contribution in [0.2, 0.25) is 0 Å². The molecule has 0 unspecified atom stereocenters. The van der Waals surface area contributed by atoms with Crippen LogP contribution in [-0.2, 0) is 0 Å². The summed E-state index contributed by atoms with van der Waals surface area (Å²) >= 11 is 0. The molecule has 0 aliphatic rings. The second-order valence-electron chi connectivity index (χ2n) is 3.26. The number of pyridine rings is 1. The number of anilines is 1. The van der Waals surface area contributed by atoms with Crippen molar-refractivity contribution in [3.05, 3.63) is 59.9 Å². The highest BCUT2D eigenvalue weighted by atomic mass is 14.7. The van der Waals surface area contributed by atoms with E-state index in [2.05, 4.69) is 4.98 Å². The predicted molar refractivity (Wildman–Crippen MR) is 64.0 cm³/mol. The van der Waals surface area contributed by atoms with Gasteiger partial charge in [0.25, 0.3) is 0 Å². The lowest BCUT2D eigenvalue weighted by Gasteiger charge is -1.95. The molecular weight excluding hydrogens is 184 g/mol. The third-order valence-electron chi connectivity index (χ3n) is 2.05. The Kier molecular flexibility index (Phi) is 2.79. The van der Waals surface area contributed by atoms with Crippen LogP contribution >= 0.6 is 0 Å². The SMILES string of the molecule is Nc1ccnc(C=Cc2ccccc2)c1. The Morgan fingerprint density at radius 3 is 2.53 bits per heavy atom. The lowest BCUT2D eigenvalue weighted by Crippen LogP contribution is -1.86. The topological polar surface area (TPSA) is 38.9 Å². The Labute approximate surface area is 89.1 Å². The van der Waals surface area contributed by atoms with E-state index in [9.17, 15) is 0 Å². The highest BCUT2D eigenvalue weighted by Crippen LogP contribution is 2.08. The van der Waals surface area contributed by atoms with Crippen molar-refractivity contribution in [2.45, 2.75) is 0 Å². The number of nitrogens with two attached hydrogens (primary N) is 1. The van der Waals surface area contributed by atoms with Crippen LogP contribution in [-0.4, -0.2) is 4.98 Å². The maximum atomic E-state index is 5.65.